The van der Waals surface area contributed by atoms with Gasteiger partial charge < -0.3 is 4.57 Å². The Labute approximate surface area is 149 Å². The molecule has 3 rings (SSSR count). The van der Waals surface area contributed by atoms with E-state index in [1.54, 1.807) is 25.1 Å². The minimum Gasteiger partial charge on any atom is -0.303 e. The number of hydrogen-bond donors (Lipinski definition) is 0. The molecule has 0 unspecified atom stereocenters. The molecule has 128 valence electrons. The number of nitriles is 1. The predicted octanol–water partition coefficient (Wildman–Crippen LogP) is 3.65. The number of nitro groups is 1. The van der Waals surface area contributed by atoms with Crippen molar-refractivity contribution in [3.63, 3.8) is 0 Å². The lowest BCUT2D eigenvalue weighted by molar-refractivity contribution is -0.384. The number of nitro benzene ring substituents is 1. The maximum atomic E-state index is 12.8. The summed E-state index contributed by atoms with van der Waals surface area (Å²) < 4.78 is 1.49. The lowest BCUT2D eigenvalue weighted by atomic mass is 10.0. The van der Waals surface area contributed by atoms with Crippen molar-refractivity contribution in [1.29, 1.82) is 5.26 Å². The van der Waals surface area contributed by atoms with Crippen LogP contribution < -0.4 is 5.56 Å². The van der Waals surface area contributed by atoms with Crippen LogP contribution in [0.1, 0.15) is 16.7 Å². The molecule has 0 amide bonds. The molecule has 26 heavy (non-hydrogen) atoms. The van der Waals surface area contributed by atoms with E-state index in [1.165, 1.54) is 16.7 Å². The topological polar surface area (TPSA) is 88.9 Å². The third-order valence-electron chi connectivity index (χ3n) is 4.15. The molecule has 0 radical (unpaired) electrons. The van der Waals surface area contributed by atoms with E-state index in [1.807, 2.05) is 36.4 Å². The zero-order valence-corrected chi connectivity index (χ0v) is 14.0. The van der Waals surface area contributed by atoms with Gasteiger partial charge in [-0.15, -0.1) is 0 Å². The van der Waals surface area contributed by atoms with Crippen LogP contribution in [0.15, 0.2) is 65.5 Å². The monoisotopic (exact) mass is 345 g/mol. The van der Waals surface area contributed by atoms with Crippen molar-refractivity contribution in [2.75, 3.05) is 0 Å². The molecule has 6 heteroatoms. The highest BCUT2D eigenvalue weighted by Crippen LogP contribution is 2.25. The van der Waals surface area contributed by atoms with Gasteiger partial charge in [0.2, 0.25) is 0 Å². The molecular formula is C20H15N3O3. The van der Waals surface area contributed by atoms with Gasteiger partial charge in [0.15, 0.2) is 0 Å². The Morgan fingerprint density at radius 3 is 2.50 bits per heavy atom. The molecule has 1 heterocycles. The van der Waals surface area contributed by atoms with Crippen LogP contribution in [0.3, 0.4) is 0 Å². The molecule has 0 aliphatic carbocycles. The lowest BCUT2D eigenvalue weighted by Gasteiger charge is -2.15. The molecular weight excluding hydrogens is 330 g/mol. The van der Waals surface area contributed by atoms with E-state index in [2.05, 4.69) is 0 Å². The van der Waals surface area contributed by atoms with Gasteiger partial charge in [-0.1, -0.05) is 42.5 Å². The third kappa shape index (κ3) is 3.23. The molecule has 2 aromatic carbocycles. The molecule has 0 saturated heterocycles. The minimum atomic E-state index is -0.473. The fourth-order valence-corrected chi connectivity index (χ4v) is 2.85. The molecule has 0 aliphatic heterocycles. The van der Waals surface area contributed by atoms with Crippen LogP contribution >= 0.6 is 0 Å². The van der Waals surface area contributed by atoms with Crippen LogP contribution in [0.25, 0.3) is 11.3 Å². The van der Waals surface area contributed by atoms with Crippen LogP contribution in [-0.2, 0) is 6.54 Å². The maximum absolute atomic E-state index is 12.8. The summed E-state index contributed by atoms with van der Waals surface area (Å²) >= 11 is 0. The molecule has 0 atom stereocenters. The molecule has 0 fully saturated rings. The average Bonchev–Trinajstić information content (AvgIpc) is 2.65. The fraction of sp³-hybridized carbons (Fsp3) is 0.100. The highest BCUT2D eigenvalue weighted by molar-refractivity contribution is 5.65. The van der Waals surface area contributed by atoms with Gasteiger partial charge in [-0.05, 0) is 24.1 Å². The summed E-state index contributed by atoms with van der Waals surface area (Å²) in [6.07, 6.45) is 0. The first-order valence-electron chi connectivity index (χ1n) is 7.94. The smallest absolute Gasteiger partial charge is 0.270 e. The van der Waals surface area contributed by atoms with Gasteiger partial charge in [0, 0.05) is 17.7 Å². The number of rotatable bonds is 4. The minimum absolute atomic E-state index is 0.0526. The molecule has 1 aromatic heterocycles. The van der Waals surface area contributed by atoms with Crippen molar-refractivity contribution in [2.45, 2.75) is 13.5 Å². The lowest BCUT2D eigenvalue weighted by Crippen LogP contribution is -2.25. The Bertz CT molecular complexity index is 1080. The average molecular weight is 345 g/mol. The maximum Gasteiger partial charge on any atom is 0.270 e. The van der Waals surface area contributed by atoms with Gasteiger partial charge >= 0.3 is 0 Å². The summed E-state index contributed by atoms with van der Waals surface area (Å²) in [6, 6.07) is 19.2. The zero-order chi connectivity index (χ0) is 18.7. The van der Waals surface area contributed by atoms with Gasteiger partial charge in [0.25, 0.3) is 11.2 Å². The van der Waals surface area contributed by atoms with Crippen molar-refractivity contribution < 1.29 is 4.92 Å². The molecule has 0 aliphatic rings. The Morgan fingerprint density at radius 1 is 1.12 bits per heavy atom. The van der Waals surface area contributed by atoms with E-state index in [0.29, 0.717) is 16.8 Å². The normalized spacial score (nSPS) is 10.3. The van der Waals surface area contributed by atoms with Crippen molar-refractivity contribution in [3.05, 3.63) is 97.8 Å². The molecule has 6 nitrogen and oxygen atoms in total. The van der Waals surface area contributed by atoms with Crippen LogP contribution in [-0.4, -0.2) is 9.49 Å². The van der Waals surface area contributed by atoms with Gasteiger partial charge in [0.05, 0.1) is 17.2 Å². The molecule has 0 bridgehead atoms. The summed E-state index contributed by atoms with van der Waals surface area (Å²) in [5.74, 6) is 0. The summed E-state index contributed by atoms with van der Waals surface area (Å²) in [5.41, 5.74) is 2.16. The van der Waals surface area contributed by atoms with Crippen LogP contribution in [0.4, 0.5) is 5.69 Å². The Kier molecular flexibility index (Phi) is 4.63. The summed E-state index contributed by atoms with van der Waals surface area (Å²) in [5, 5.41) is 20.4. The summed E-state index contributed by atoms with van der Waals surface area (Å²) in [6.45, 7) is 1.96. The Balaban J connectivity index is 2.24. The summed E-state index contributed by atoms with van der Waals surface area (Å²) in [7, 11) is 0. The molecule has 3 aromatic rings. The SMILES string of the molecule is Cc1cc(-c2cccc([N+](=O)[O-])c2)n(Cc2ccccc2)c(=O)c1C#N. The fourth-order valence-electron chi connectivity index (χ4n) is 2.85. The van der Waals surface area contributed by atoms with E-state index in [0.717, 1.165) is 5.56 Å². The van der Waals surface area contributed by atoms with Gasteiger partial charge in [-0.2, -0.15) is 5.26 Å². The van der Waals surface area contributed by atoms with E-state index in [-0.39, 0.29) is 17.8 Å². The second kappa shape index (κ2) is 7.03. The van der Waals surface area contributed by atoms with E-state index >= 15 is 0 Å². The zero-order valence-electron chi connectivity index (χ0n) is 14.0. The number of nitrogens with zero attached hydrogens (tertiary/aromatic N) is 3. The first-order chi connectivity index (χ1) is 12.5. The van der Waals surface area contributed by atoms with E-state index in [4.69, 9.17) is 0 Å². The number of pyridine rings is 1. The number of non-ortho nitro benzene ring substituents is 1. The second-order valence-corrected chi connectivity index (χ2v) is 5.88. The molecule has 0 saturated carbocycles. The van der Waals surface area contributed by atoms with Gasteiger partial charge in [-0.25, -0.2) is 0 Å². The first kappa shape index (κ1) is 17.1. The Morgan fingerprint density at radius 2 is 1.85 bits per heavy atom. The van der Waals surface area contributed by atoms with Crippen molar-refractivity contribution in [3.8, 4) is 17.3 Å². The second-order valence-electron chi connectivity index (χ2n) is 5.88. The summed E-state index contributed by atoms with van der Waals surface area (Å²) in [4.78, 5) is 23.5. The van der Waals surface area contributed by atoms with E-state index in [9.17, 15) is 20.2 Å². The number of benzene rings is 2. The Hall–Kier alpha value is -3.72. The highest BCUT2D eigenvalue weighted by Gasteiger charge is 2.16. The number of hydrogen-bond acceptors (Lipinski definition) is 4. The predicted molar refractivity (Wildman–Crippen MR) is 97.8 cm³/mol. The van der Waals surface area contributed by atoms with Crippen LogP contribution in [0.5, 0.6) is 0 Å². The third-order valence-corrected chi connectivity index (χ3v) is 4.15. The van der Waals surface area contributed by atoms with Crippen molar-refractivity contribution >= 4 is 5.69 Å². The van der Waals surface area contributed by atoms with Crippen LogP contribution in [0.2, 0.25) is 0 Å². The molecule has 0 spiro atoms. The van der Waals surface area contributed by atoms with Crippen molar-refractivity contribution in [2.24, 2.45) is 0 Å². The standard InChI is InChI=1S/C20H15N3O3/c1-14-10-19(16-8-5-9-17(11-16)23(25)26)22(20(24)18(14)12-21)13-15-6-3-2-4-7-15/h2-11H,13H2,1H3. The highest BCUT2D eigenvalue weighted by atomic mass is 16.6. The number of aryl methyl sites for hydroxylation is 1. The van der Waals surface area contributed by atoms with Gasteiger partial charge in [-0.3, -0.25) is 14.9 Å². The molecule has 0 N–H and O–H groups in total. The quantitative estimate of drug-likeness (QED) is 0.533. The number of aromatic nitrogens is 1. The van der Waals surface area contributed by atoms with Gasteiger partial charge in [0.1, 0.15) is 11.6 Å². The first-order valence-corrected chi connectivity index (χ1v) is 7.94. The van der Waals surface area contributed by atoms with Crippen molar-refractivity contribution in [1.82, 2.24) is 4.57 Å². The largest absolute Gasteiger partial charge is 0.303 e. The van der Waals surface area contributed by atoms with Crippen LogP contribution in [0, 0.1) is 28.4 Å². The van der Waals surface area contributed by atoms with E-state index < -0.39 is 10.5 Å².